The van der Waals surface area contributed by atoms with Crippen molar-refractivity contribution in [1.82, 2.24) is 4.98 Å². The van der Waals surface area contributed by atoms with Gasteiger partial charge in [0.05, 0.1) is 5.56 Å². The van der Waals surface area contributed by atoms with Crippen LogP contribution in [0.2, 0.25) is 0 Å². The number of rotatable bonds is 3. The Morgan fingerprint density at radius 1 is 1.30 bits per heavy atom. The van der Waals surface area contributed by atoms with Crippen LogP contribution in [0.4, 0.5) is 11.5 Å². The van der Waals surface area contributed by atoms with Crippen LogP contribution in [0, 0.1) is 0 Å². The van der Waals surface area contributed by atoms with Gasteiger partial charge in [-0.3, -0.25) is 0 Å². The number of hydrogen-bond acceptors (Lipinski definition) is 3. The molecule has 3 rings (SSSR count). The molecule has 1 heterocycles. The van der Waals surface area contributed by atoms with Crippen molar-refractivity contribution in [3.05, 3.63) is 51.6 Å². The first kappa shape index (κ1) is 13.5. The molecule has 3 nitrogen and oxygen atoms in total. The first-order valence-electron chi connectivity index (χ1n) is 6.48. The van der Waals surface area contributed by atoms with E-state index in [4.69, 9.17) is 22.9 Å². The highest BCUT2D eigenvalue weighted by Crippen LogP contribution is 2.28. The molecule has 0 radical (unpaired) electrons. The molecule has 0 aliphatic heterocycles. The smallest absolute Gasteiger partial charge is 0.140 e. The molecular weight excluding hydrogens is 334 g/mol. The molecule has 0 unspecified atom stereocenters. The normalized spacial score (nSPS) is 13.1. The molecule has 20 heavy (non-hydrogen) atoms. The van der Waals surface area contributed by atoms with E-state index in [0.29, 0.717) is 4.99 Å². The van der Waals surface area contributed by atoms with Crippen molar-refractivity contribution in [1.29, 1.82) is 0 Å². The lowest BCUT2D eigenvalue weighted by Gasteiger charge is -2.13. The van der Waals surface area contributed by atoms with Crippen LogP contribution >= 0.6 is 28.1 Å². The number of nitrogens with two attached hydrogens (primary N) is 1. The molecule has 1 aromatic carbocycles. The van der Waals surface area contributed by atoms with E-state index >= 15 is 0 Å². The van der Waals surface area contributed by atoms with Gasteiger partial charge in [-0.05, 0) is 49.1 Å². The van der Waals surface area contributed by atoms with Gasteiger partial charge in [-0.2, -0.15) is 0 Å². The average Bonchev–Trinajstić information content (AvgIpc) is 2.84. The number of nitrogens with zero attached hydrogens (tertiary/aromatic N) is 1. The third-order valence-corrected chi connectivity index (χ3v) is 4.12. The summed E-state index contributed by atoms with van der Waals surface area (Å²) in [5, 5.41) is 3.32. The quantitative estimate of drug-likeness (QED) is 0.831. The fourth-order valence-electron chi connectivity index (χ4n) is 2.46. The van der Waals surface area contributed by atoms with Crippen molar-refractivity contribution < 1.29 is 0 Å². The first-order chi connectivity index (χ1) is 9.63. The van der Waals surface area contributed by atoms with E-state index in [1.54, 1.807) is 0 Å². The van der Waals surface area contributed by atoms with E-state index in [1.807, 2.05) is 24.3 Å². The second-order valence-electron chi connectivity index (χ2n) is 4.84. The van der Waals surface area contributed by atoms with Gasteiger partial charge in [-0.25, -0.2) is 4.98 Å². The molecule has 0 spiro atoms. The molecule has 1 aliphatic carbocycles. The van der Waals surface area contributed by atoms with Crippen molar-refractivity contribution in [2.75, 3.05) is 5.32 Å². The minimum absolute atomic E-state index is 0.379. The predicted molar refractivity (Wildman–Crippen MR) is 89.6 cm³/mol. The Morgan fingerprint density at radius 2 is 2.15 bits per heavy atom. The maximum atomic E-state index is 5.83. The lowest BCUT2D eigenvalue weighted by atomic mass is 10.1. The predicted octanol–water partition coefficient (Wildman–Crippen LogP) is 3.71. The summed E-state index contributed by atoms with van der Waals surface area (Å²) in [7, 11) is 0. The molecule has 0 saturated carbocycles. The molecule has 1 aliphatic rings. The standard InChI is InChI=1S/C15H14BrN3S/c16-10-4-2-5-11(8-10)18-15-12(14(17)20)7-9-3-1-6-13(9)19-15/h2,4-5,7-8H,1,3,6H2,(H2,17,20)(H,18,19). The SMILES string of the molecule is NC(=S)c1cc2c(nc1Nc1cccc(Br)c1)CCC2. The van der Waals surface area contributed by atoms with Gasteiger partial charge in [-0.1, -0.05) is 34.2 Å². The zero-order valence-electron chi connectivity index (χ0n) is 10.8. The van der Waals surface area contributed by atoms with Gasteiger partial charge in [0.15, 0.2) is 0 Å². The summed E-state index contributed by atoms with van der Waals surface area (Å²) < 4.78 is 1.01. The number of halogens is 1. The number of anilines is 2. The van der Waals surface area contributed by atoms with Crippen LogP contribution in [-0.4, -0.2) is 9.97 Å². The molecule has 5 heteroatoms. The van der Waals surface area contributed by atoms with E-state index < -0.39 is 0 Å². The molecule has 2 aromatic rings. The monoisotopic (exact) mass is 347 g/mol. The van der Waals surface area contributed by atoms with Gasteiger partial charge in [0.1, 0.15) is 10.8 Å². The van der Waals surface area contributed by atoms with Gasteiger partial charge in [0.2, 0.25) is 0 Å². The van der Waals surface area contributed by atoms with Crippen molar-refractivity contribution in [3.8, 4) is 0 Å². The number of pyridine rings is 1. The van der Waals surface area contributed by atoms with E-state index in [0.717, 1.165) is 46.5 Å². The van der Waals surface area contributed by atoms with Gasteiger partial charge in [-0.15, -0.1) is 0 Å². The summed E-state index contributed by atoms with van der Waals surface area (Å²) >= 11 is 8.61. The van der Waals surface area contributed by atoms with Gasteiger partial charge in [0, 0.05) is 15.9 Å². The highest BCUT2D eigenvalue weighted by atomic mass is 79.9. The van der Waals surface area contributed by atoms with E-state index in [9.17, 15) is 0 Å². The number of aryl methyl sites for hydroxylation is 2. The molecule has 0 bridgehead atoms. The van der Waals surface area contributed by atoms with E-state index in [-0.39, 0.29) is 0 Å². The van der Waals surface area contributed by atoms with Crippen LogP contribution in [0.5, 0.6) is 0 Å². The second kappa shape index (κ2) is 5.50. The molecule has 0 atom stereocenters. The Kier molecular flexibility index (Phi) is 3.72. The molecule has 102 valence electrons. The Morgan fingerprint density at radius 3 is 2.90 bits per heavy atom. The number of benzene rings is 1. The van der Waals surface area contributed by atoms with Crippen LogP contribution in [0.1, 0.15) is 23.2 Å². The highest BCUT2D eigenvalue weighted by Gasteiger charge is 2.17. The lowest BCUT2D eigenvalue weighted by Crippen LogP contribution is -2.14. The summed E-state index contributed by atoms with van der Waals surface area (Å²) in [6.07, 6.45) is 3.24. The van der Waals surface area contributed by atoms with Crippen molar-refractivity contribution in [2.45, 2.75) is 19.3 Å². The molecule has 0 saturated heterocycles. The zero-order chi connectivity index (χ0) is 14.1. The fourth-order valence-corrected chi connectivity index (χ4v) is 3.01. The maximum absolute atomic E-state index is 5.83. The Bertz CT molecular complexity index is 685. The summed E-state index contributed by atoms with van der Waals surface area (Å²) in [4.78, 5) is 5.08. The zero-order valence-corrected chi connectivity index (χ0v) is 13.2. The van der Waals surface area contributed by atoms with Crippen LogP contribution in [0.3, 0.4) is 0 Å². The third-order valence-electron chi connectivity index (χ3n) is 3.40. The van der Waals surface area contributed by atoms with E-state index in [1.165, 1.54) is 5.56 Å². The second-order valence-corrected chi connectivity index (χ2v) is 6.20. The number of aromatic nitrogens is 1. The molecule has 3 N–H and O–H groups in total. The molecular formula is C15H14BrN3S. The van der Waals surface area contributed by atoms with E-state index in [2.05, 4.69) is 27.3 Å². The van der Waals surface area contributed by atoms with Gasteiger partial charge < -0.3 is 11.1 Å². The van der Waals surface area contributed by atoms with Crippen molar-refractivity contribution >= 4 is 44.6 Å². The Hall–Kier alpha value is -1.46. The first-order valence-corrected chi connectivity index (χ1v) is 7.69. The minimum Gasteiger partial charge on any atom is -0.389 e. The van der Waals surface area contributed by atoms with Crippen LogP contribution in [0.25, 0.3) is 0 Å². The molecule has 0 amide bonds. The minimum atomic E-state index is 0.379. The van der Waals surface area contributed by atoms with Gasteiger partial charge in [0.25, 0.3) is 0 Å². The largest absolute Gasteiger partial charge is 0.389 e. The topological polar surface area (TPSA) is 50.9 Å². The number of thiocarbonyl (C=S) groups is 1. The third kappa shape index (κ3) is 2.69. The van der Waals surface area contributed by atoms with Crippen molar-refractivity contribution in [2.24, 2.45) is 5.73 Å². The van der Waals surface area contributed by atoms with Crippen LogP contribution < -0.4 is 11.1 Å². The number of hydrogen-bond donors (Lipinski definition) is 2. The fraction of sp³-hybridized carbons (Fsp3) is 0.200. The number of fused-ring (bicyclic) bond motifs is 1. The Labute approximate surface area is 131 Å². The number of nitrogens with one attached hydrogen (secondary N) is 1. The summed E-state index contributed by atoms with van der Waals surface area (Å²) in [5.41, 5.74) is 10.0. The average molecular weight is 348 g/mol. The lowest BCUT2D eigenvalue weighted by molar-refractivity contribution is 0.900. The Balaban J connectivity index is 2.01. The summed E-state index contributed by atoms with van der Waals surface area (Å²) in [6, 6.07) is 10.0. The highest BCUT2D eigenvalue weighted by molar-refractivity contribution is 9.10. The van der Waals surface area contributed by atoms with Crippen molar-refractivity contribution in [3.63, 3.8) is 0 Å². The molecule has 1 aromatic heterocycles. The molecule has 0 fully saturated rings. The summed E-state index contributed by atoms with van der Waals surface area (Å²) in [6.45, 7) is 0. The summed E-state index contributed by atoms with van der Waals surface area (Å²) in [5.74, 6) is 0.747. The maximum Gasteiger partial charge on any atom is 0.140 e. The van der Waals surface area contributed by atoms with Gasteiger partial charge >= 0.3 is 0 Å². The van der Waals surface area contributed by atoms with Crippen LogP contribution in [0.15, 0.2) is 34.8 Å². The van der Waals surface area contributed by atoms with Crippen LogP contribution in [-0.2, 0) is 12.8 Å².